The summed E-state index contributed by atoms with van der Waals surface area (Å²) < 4.78 is 0. The molecule has 3 rings (SSSR count). The molecule has 0 bridgehead atoms. The van der Waals surface area contributed by atoms with Crippen LogP contribution < -0.4 is 5.32 Å². The number of nitrogens with zero attached hydrogens (tertiary/aromatic N) is 4. The van der Waals surface area contributed by atoms with Crippen molar-refractivity contribution in [1.29, 1.82) is 0 Å². The zero-order valence-corrected chi connectivity index (χ0v) is 11.4. The van der Waals surface area contributed by atoms with E-state index in [9.17, 15) is 9.59 Å². The van der Waals surface area contributed by atoms with Crippen LogP contribution in [0.1, 0.15) is 44.5 Å². The van der Waals surface area contributed by atoms with Crippen LogP contribution in [0.4, 0.5) is 0 Å². The van der Waals surface area contributed by atoms with E-state index in [0.717, 1.165) is 25.7 Å². The lowest BCUT2D eigenvalue weighted by molar-refractivity contribution is -0.139. The molecule has 2 fully saturated rings. The minimum Gasteiger partial charge on any atom is -0.344 e. The predicted molar refractivity (Wildman–Crippen MR) is 68.2 cm³/mol. The minimum atomic E-state index is -0.350. The lowest BCUT2D eigenvalue weighted by Crippen LogP contribution is -2.47. The molecule has 2 N–H and O–H groups in total. The van der Waals surface area contributed by atoms with Crippen molar-refractivity contribution in [3.63, 3.8) is 0 Å². The number of hydrogen-bond acceptors (Lipinski definition) is 5. The average molecular weight is 278 g/mol. The molecule has 8 nitrogen and oxygen atoms in total. The van der Waals surface area contributed by atoms with Crippen LogP contribution in [0, 0.1) is 5.92 Å². The largest absolute Gasteiger partial charge is 0.344 e. The van der Waals surface area contributed by atoms with Crippen LogP contribution in [-0.4, -0.2) is 49.9 Å². The molecule has 8 heteroatoms. The molecule has 2 heterocycles. The second kappa shape index (κ2) is 5.18. The van der Waals surface area contributed by atoms with Crippen molar-refractivity contribution in [2.24, 2.45) is 5.92 Å². The van der Waals surface area contributed by atoms with Crippen molar-refractivity contribution >= 4 is 11.8 Å². The van der Waals surface area contributed by atoms with Crippen LogP contribution >= 0.6 is 0 Å². The lowest BCUT2D eigenvalue weighted by Gasteiger charge is -2.25. The van der Waals surface area contributed by atoms with Crippen molar-refractivity contribution < 1.29 is 9.59 Å². The van der Waals surface area contributed by atoms with Gasteiger partial charge in [0.2, 0.25) is 11.8 Å². The van der Waals surface area contributed by atoms with E-state index in [0.29, 0.717) is 12.4 Å². The smallest absolute Gasteiger partial charge is 0.243 e. The number of tetrazole rings is 1. The number of carbonyl (C=O) groups excluding carboxylic acids is 2. The van der Waals surface area contributed by atoms with Gasteiger partial charge < -0.3 is 10.2 Å². The van der Waals surface area contributed by atoms with Gasteiger partial charge in [-0.05, 0) is 32.6 Å². The molecule has 2 unspecified atom stereocenters. The fraction of sp³-hybridized carbons (Fsp3) is 0.750. The maximum atomic E-state index is 12.3. The normalized spacial score (nSPS) is 23.6. The van der Waals surface area contributed by atoms with E-state index in [-0.39, 0.29) is 29.8 Å². The molecule has 1 aromatic heterocycles. The SMILES string of the molecule is CC(NC(=O)C1CCCN1C(=O)C1CC1)c1nn[nH]n1. The highest BCUT2D eigenvalue weighted by molar-refractivity contribution is 5.90. The van der Waals surface area contributed by atoms with Gasteiger partial charge in [-0.1, -0.05) is 5.21 Å². The number of H-pyrrole nitrogens is 1. The van der Waals surface area contributed by atoms with Gasteiger partial charge in [-0.15, -0.1) is 10.2 Å². The Bertz CT molecular complexity index is 498. The summed E-state index contributed by atoms with van der Waals surface area (Å²) in [5.41, 5.74) is 0. The zero-order chi connectivity index (χ0) is 14.1. The van der Waals surface area contributed by atoms with Gasteiger partial charge in [-0.2, -0.15) is 5.21 Å². The second-order valence-electron chi connectivity index (χ2n) is 5.46. The zero-order valence-electron chi connectivity index (χ0n) is 11.4. The molecule has 1 aliphatic carbocycles. The number of aromatic amines is 1. The number of rotatable bonds is 4. The Hall–Kier alpha value is -1.99. The number of likely N-dealkylation sites (tertiary alicyclic amines) is 1. The Balaban J connectivity index is 1.62. The van der Waals surface area contributed by atoms with Crippen molar-refractivity contribution in [3.8, 4) is 0 Å². The maximum Gasteiger partial charge on any atom is 0.243 e. The molecule has 1 saturated carbocycles. The first-order chi connectivity index (χ1) is 9.66. The summed E-state index contributed by atoms with van der Waals surface area (Å²) in [4.78, 5) is 26.2. The van der Waals surface area contributed by atoms with E-state index >= 15 is 0 Å². The van der Waals surface area contributed by atoms with Crippen molar-refractivity contribution in [3.05, 3.63) is 5.82 Å². The molecule has 1 saturated heterocycles. The van der Waals surface area contributed by atoms with Gasteiger partial charge >= 0.3 is 0 Å². The molecular formula is C12H18N6O2. The van der Waals surface area contributed by atoms with Crippen LogP contribution in [0.25, 0.3) is 0 Å². The topological polar surface area (TPSA) is 104 Å². The molecule has 20 heavy (non-hydrogen) atoms. The monoisotopic (exact) mass is 278 g/mol. The predicted octanol–water partition coefficient (Wildman–Crippen LogP) is -0.222. The van der Waals surface area contributed by atoms with Crippen LogP contribution in [0.2, 0.25) is 0 Å². The van der Waals surface area contributed by atoms with Gasteiger partial charge in [-0.3, -0.25) is 9.59 Å². The number of amides is 2. The third-order valence-electron chi connectivity index (χ3n) is 3.87. The second-order valence-corrected chi connectivity index (χ2v) is 5.46. The Kier molecular flexibility index (Phi) is 3.37. The summed E-state index contributed by atoms with van der Waals surface area (Å²) in [6, 6.07) is -0.669. The first kappa shape index (κ1) is 13.0. The van der Waals surface area contributed by atoms with Gasteiger partial charge in [0.05, 0.1) is 6.04 Å². The summed E-state index contributed by atoms with van der Waals surface area (Å²) in [5.74, 6) is 0.595. The van der Waals surface area contributed by atoms with E-state index in [1.165, 1.54) is 0 Å². The molecule has 2 atom stereocenters. The highest BCUT2D eigenvalue weighted by atomic mass is 16.2. The number of carbonyl (C=O) groups is 2. The fourth-order valence-corrected chi connectivity index (χ4v) is 2.59. The van der Waals surface area contributed by atoms with Crippen molar-refractivity contribution in [1.82, 2.24) is 30.8 Å². The molecule has 0 aromatic carbocycles. The van der Waals surface area contributed by atoms with E-state index in [2.05, 4.69) is 25.9 Å². The van der Waals surface area contributed by atoms with Gasteiger partial charge in [0.25, 0.3) is 0 Å². The molecule has 1 aliphatic heterocycles. The molecular weight excluding hydrogens is 260 g/mol. The average Bonchev–Trinajstić information content (AvgIpc) is 2.96. The summed E-state index contributed by atoms with van der Waals surface area (Å²) in [6.45, 7) is 2.48. The van der Waals surface area contributed by atoms with Crippen molar-refractivity contribution in [2.45, 2.75) is 44.7 Å². The molecule has 0 spiro atoms. The molecule has 2 amide bonds. The van der Waals surface area contributed by atoms with E-state index in [1.54, 1.807) is 11.8 Å². The van der Waals surface area contributed by atoms with Crippen LogP contribution in [-0.2, 0) is 9.59 Å². The minimum absolute atomic E-state index is 0.131. The first-order valence-corrected chi connectivity index (χ1v) is 7.01. The van der Waals surface area contributed by atoms with Crippen molar-refractivity contribution in [2.75, 3.05) is 6.54 Å². The lowest BCUT2D eigenvalue weighted by atomic mass is 10.2. The van der Waals surface area contributed by atoms with E-state index < -0.39 is 0 Å². The van der Waals surface area contributed by atoms with Crippen LogP contribution in [0.3, 0.4) is 0 Å². The third-order valence-corrected chi connectivity index (χ3v) is 3.87. The summed E-state index contributed by atoms with van der Waals surface area (Å²) in [7, 11) is 0. The third kappa shape index (κ3) is 2.50. The highest BCUT2D eigenvalue weighted by Crippen LogP contribution is 2.33. The standard InChI is InChI=1S/C12H18N6O2/c1-7(10-14-16-17-15-10)13-11(19)9-3-2-6-18(9)12(20)8-4-5-8/h7-9H,2-6H2,1H3,(H,13,19)(H,14,15,16,17). The first-order valence-electron chi connectivity index (χ1n) is 7.01. The van der Waals surface area contributed by atoms with E-state index in [4.69, 9.17) is 0 Å². The van der Waals surface area contributed by atoms with Gasteiger partial charge in [-0.25, -0.2) is 0 Å². The van der Waals surface area contributed by atoms with Gasteiger partial charge in [0.1, 0.15) is 6.04 Å². The number of nitrogens with one attached hydrogen (secondary N) is 2. The Morgan fingerprint density at radius 1 is 1.40 bits per heavy atom. The molecule has 108 valence electrons. The Morgan fingerprint density at radius 3 is 2.85 bits per heavy atom. The highest BCUT2D eigenvalue weighted by Gasteiger charge is 2.41. The number of hydrogen-bond donors (Lipinski definition) is 2. The summed E-state index contributed by atoms with van der Waals surface area (Å²) in [6.07, 6.45) is 3.53. The number of aromatic nitrogens is 4. The van der Waals surface area contributed by atoms with Gasteiger partial charge in [0.15, 0.2) is 5.82 Å². The van der Waals surface area contributed by atoms with Crippen LogP contribution in [0.15, 0.2) is 0 Å². The molecule has 2 aliphatic rings. The Labute approximate surface area is 116 Å². The Morgan fingerprint density at radius 2 is 2.20 bits per heavy atom. The van der Waals surface area contributed by atoms with Gasteiger partial charge in [0, 0.05) is 12.5 Å². The summed E-state index contributed by atoms with van der Waals surface area (Å²) in [5, 5.41) is 16.4. The summed E-state index contributed by atoms with van der Waals surface area (Å²) >= 11 is 0. The fourth-order valence-electron chi connectivity index (χ4n) is 2.59. The molecule has 0 radical (unpaired) electrons. The molecule has 1 aromatic rings. The quantitative estimate of drug-likeness (QED) is 0.792. The van der Waals surface area contributed by atoms with E-state index in [1.807, 2.05) is 0 Å². The van der Waals surface area contributed by atoms with Crippen LogP contribution in [0.5, 0.6) is 0 Å². The maximum absolute atomic E-state index is 12.3.